The summed E-state index contributed by atoms with van der Waals surface area (Å²) in [5, 5.41) is 3.19. The summed E-state index contributed by atoms with van der Waals surface area (Å²) in [6.07, 6.45) is 2.40. The largest absolute Gasteiger partial charge is 0.384 e. The summed E-state index contributed by atoms with van der Waals surface area (Å²) in [4.78, 5) is 0.267. The molecule has 0 spiro atoms. The average molecular weight is 302 g/mol. The van der Waals surface area contributed by atoms with Gasteiger partial charge in [-0.2, -0.15) is 0 Å². The molecule has 1 aliphatic heterocycles. The maximum atomic E-state index is 12.2. The number of anilines is 1. The van der Waals surface area contributed by atoms with Gasteiger partial charge in [0.15, 0.2) is 0 Å². The van der Waals surface area contributed by atoms with Crippen molar-refractivity contribution in [2.24, 2.45) is 0 Å². The summed E-state index contributed by atoms with van der Waals surface area (Å²) in [7, 11) is -4.56. The summed E-state index contributed by atoms with van der Waals surface area (Å²) in [6, 6.07) is 4.74. The fourth-order valence-electron chi connectivity index (χ4n) is 2.17. The number of hydrogen-bond donors (Lipinski definition) is 2. The molecule has 5 nitrogen and oxygen atoms in total. The first-order chi connectivity index (χ1) is 8.88. The Balaban J connectivity index is 2.18. The van der Waals surface area contributed by atoms with E-state index in [2.05, 4.69) is 10.0 Å². The lowest BCUT2D eigenvalue weighted by Crippen LogP contribution is -2.36. The molecule has 2 unspecified atom stereocenters. The zero-order valence-electron chi connectivity index (χ0n) is 11.0. The molecule has 0 bridgehead atoms. The average Bonchev–Trinajstić information content (AvgIpc) is 2.73. The molecule has 0 saturated heterocycles. The molecule has 1 heterocycles. The highest BCUT2D eigenvalue weighted by Crippen LogP contribution is 2.25. The van der Waals surface area contributed by atoms with Gasteiger partial charge in [-0.25, -0.2) is 13.1 Å². The van der Waals surface area contributed by atoms with Crippen LogP contribution in [0, 0.1) is 0 Å². The highest BCUT2D eigenvalue weighted by Gasteiger charge is 2.20. The van der Waals surface area contributed by atoms with Crippen molar-refractivity contribution in [3.8, 4) is 0 Å². The highest BCUT2D eigenvalue weighted by atomic mass is 32.2. The number of rotatable bonds is 5. The molecular weight excluding hydrogens is 284 g/mol. The molecule has 1 aromatic rings. The summed E-state index contributed by atoms with van der Waals surface area (Å²) in [5.74, 6) is 0.311. The van der Waals surface area contributed by atoms with Gasteiger partial charge < -0.3 is 5.32 Å². The SMILES string of the molecule is CC(CS(C)=O)NS(=O)(=O)c1ccc2c(c1)CCN2. The van der Waals surface area contributed by atoms with Crippen LogP contribution in [-0.4, -0.2) is 37.2 Å². The second kappa shape index (κ2) is 5.60. The van der Waals surface area contributed by atoms with Crippen LogP contribution in [0.1, 0.15) is 12.5 Å². The zero-order chi connectivity index (χ0) is 14.0. The fourth-order valence-corrected chi connectivity index (χ4v) is 4.35. The molecule has 2 atom stereocenters. The molecule has 1 aliphatic rings. The topological polar surface area (TPSA) is 75.3 Å². The van der Waals surface area contributed by atoms with E-state index in [1.807, 2.05) is 0 Å². The Kier molecular flexibility index (Phi) is 4.27. The van der Waals surface area contributed by atoms with Crippen molar-refractivity contribution < 1.29 is 12.6 Å². The number of sulfonamides is 1. The Hall–Kier alpha value is -0.920. The second-order valence-electron chi connectivity index (χ2n) is 4.76. The molecule has 2 rings (SSSR count). The van der Waals surface area contributed by atoms with E-state index in [9.17, 15) is 12.6 Å². The first kappa shape index (κ1) is 14.5. The van der Waals surface area contributed by atoms with Crippen LogP contribution < -0.4 is 10.0 Å². The van der Waals surface area contributed by atoms with Crippen LogP contribution in [0.25, 0.3) is 0 Å². The van der Waals surface area contributed by atoms with Crippen molar-refractivity contribution in [1.29, 1.82) is 0 Å². The van der Waals surface area contributed by atoms with Crippen molar-refractivity contribution in [2.45, 2.75) is 24.3 Å². The third-order valence-corrected chi connectivity index (χ3v) is 5.49. The van der Waals surface area contributed by atoms with E-state index in [0.29, 0.717) is 5.75 Å². The Bertz CT molecular complexity index is 599. The minimum Gasteiger partial charge on any atom is -0.384 e. The van der Waals surface area contributed by atoms with Gasteiger partial charge in [0.05, 0.1) is 4.90 Å². The Morgan fingerprint density at radius 1 is 1.47 bits per heavy atom. The van der Waals surface area contributed by atoms with Crippen LogP contribution in [0.4, 0.5) is 5.69 Å². The van der Waals surface area contributed by atoms with Gasteiger partial charge in [0.25, 0.3) is 0 Å². The zero-order valence-corrected chi connectivity index (χ0v) is 12.6. The van der Waals surface area contributed by atoms with Crippen molar-refractivity contribution in [3.05, 3.63) is 23.8 Å². The molecule has 19 heavy (non-hydrogen) atoms. The third-order valence-electron chi connectivity index (χ3n) is 2.94. The lowest BCUT2D eigenvalue weighted by Gasteiger charge is -2.13. The minimum atomic E-state index is -3.54. The predicted molar refractivity (Wildman–Crippen MR) is 77.4 cm³/mol. The van der Waals surface area contributed by atoms with Gasteiger partial charge >= 0.3 is 0 Å². The van der Waals surface area contributed by atoms with Gasteiger partial charge in [0.1, 0.15) is 0 Å². The van der Waals surface area contributed by atoms with Gasteiger partial charge in [-0.3, -0.25) is 4.21 Å². The molecule has 0 aromatic heterocycles. The van der Waals surface area contributed by atoms with Gasteiger partial charge in [0.2, 0.25) is 10.0 Å². The van der Waals surface area contributed by atoms with E-state index in [0.717, 1.165) is 24.2 Å². The smallest absolute Gasteiger partial charge is 0.240 e. The van der Waals surface area contributed by atoms with Crippen molar-refractivity contribution in [3.63, 3.8) is 0 Å². The van der Waals surface area contributed by atoms with Gasteiger partial charge in [0, 0.05) is 41.1 Å². The van der Waals surface area contributed by atoms with Gasteiger partial charge in [-0.15, -0.1) is 0 Å². The number of nitrogens with one attached hydrogen (secondary N) is 2. The van der Waals surface area contributed by atoms with Crippen LogP contribution in [-0.2, 0) is 27.2 Å². The van der Waals surface area contributed by atoms with Crippen LogP contribution in [0.3, 0.4) is 0 Å². The summed E-state index contributed by atoms with van der Waals surface area (Å²) < 4.78 is 38.0. The molecule has 7 heteroatoms. The van der Waals surface area contributed by atoms with Gasteiger partial charge in [-0.1, -0.05) is 0 Å². The molecule has 0 radical (unpaired) electrons. The second-order valence-corrected chi connectivity index (χ2v) is 7.95. The van der Waals surface area contributed by atoms with Crippen LogP contribution in [0.15, 0.2) is 23.1 Å². The number of hydrogen-bond acceptors (Lipinski definition) is 4. The summed E-state index contributed by atoms with van der Waals surface area (Å²) in [6.45, 7) is 2.56. The Labute approximate surface area is 116 Å². The quantitative estimate of drug-likeness (QED) is 0.839. The molecule has 0 amide bonds. The third kappa shape index (κ3) is 3.55. The molecular formula is C12H18N2O3S2. The van der Waals surface area contributed by atoms with E-state index >= 15 is 0 Å². The number of benzene rings is 1. The maximum Gasteiger partial charge on any atom is 0.240 e. The van der Waals surface area contributed by atoms with E-state index in [4.69, 9.17) is 0 Å². The van der Waals surface area contributed by atoms with Crippen LogP contribution in [0.2, 0.25) is 0 Å². The lowest BCUT2D eigenvalue weighted by atomic mass is 10.2. The molecule has 2 N–H and O–H groups in total. The molecule has 106 valence electrons. The molecule has 0 fully saturated rings. The molecule has 1 aromatic carbocycles. The minimum absolute atomic E-state index is 0.267. The van der Waals surface area contributed by atoms with E-state index in [-0.39, 0.29) is 10.9 Å². The first-order valence-electron chi connectivity index (χ1n) is 6.07. The monoisotopic (exact) mass is 302 g/mol. The summed E-state index contributed by atoms with van der Waals surface area (Å²) in [5.41, 5.74) is 2.02. The van der Waals surface area contributed by atoms with Crippen molar-refractivity contribution >= 4 is 26.5 Å². The normalized spacial score (nSPS) is 17.6. The van der Waals surface area contributed by atoms with Gasteiger partial charge in [-0.05, 0) is 37.1 Å². The standard InChI is InChI=1S/C12H18N2O3S2/c1-9(8-18(2)15)14-19(16,17)11-3-4-12-10(7-11)5-6-13-12/h3-4,7,9,13-14H,5-6,8H2,1-2H3. The Morgan fingerprint density at radius 3 is 2.89 bits per heavy atom. The van der Waals surface area contributed by atoms with E-state index in [1.54, 1.807) is 31.4 Å². The molecule has 0 aliphatic carbocycles. The maximum absolute atomic E-state index is 12.2. The highest BCUT2D eigenvalue weighted by molar-refractivity contribution is 7.89. The van der Waals surface area contributed by atoms with E-state index < -0.39 is 20.8 Å². The first-order valence-corrected chi connectivity index (χ1v) is 9.28. The molecule has 0 saturated carbocycles. The lowest BCUT2D eigenvalue weighted by molar-refractivity contribution is 0.570. The van der Waals surface area contributed by atoms with Crippen LogP contribution in [0.5, 0.6) is 0 Å². The van der Waals surface area contributed by atoms with Crippen molar-refractivity contribution in [2.75, 3.05) is 23.9 Å². The van der Waals surface area contributed by atoms with E-state index in [1.165, 1.54) is 0 Å². The number of fused-ring (bicyclic) bond motifs is 1. The predicted octanol–water partition coefficient (Wildman–Crippen LogP) is 0.700. The Morgan fingerprint density at radius 2 is 2.21 bits per heavy atom. The summed E-state index contributed by atoms with van der Waals surface area (Å²) >= 11 is 0. The van der Waals surface area contributed by atoms with Crippen molar-refractivity contribution in [1.82, 2.24) is 4.72 Å². The fraction of sp³-hybridized carbons (Fsp3) is 0.500. The van der Waals surface area contributed by atoms with Crippen LogP contribution >= 0.6 is 0 Å².